The molecule has 0 N–H and O–H groups in total. The van der Waals surface area contributed by atoms with E-state index in [1.165, 1.54) is 0 Å². The third kappa shape index (κ3) is 5.90. The van der Waals surface area contributed by atoms with Gasteiger partial charge in [0, 0.05) is 12.1 Å². The van der Waals surface area contributed by atoms with Gasteiger partial charge >= 0.3 is 0 Å². The number of hydrogen-bond acceptors (Lipinski definition) is 3. The van der Waals surface area contributed by atoms with Crippen molar-refractivity contribution in [3.8, 4) is 6.07 Å². The lowest BCUT2D eigenvalue weighted by Crippen LogP contribution is -2.32. The second-order valence-electron chi connectivity index (χ2n) is 3.67. The molecule has 0 radical (unpaired) electrons. The highest BCUT2D eigenvalue weighted by atomic mass is 35.7. The normalized spacial score (nSPS) is 15.7. The van der Waals surface area contributed by atoms with Crippen LogP contribution in [0.5, 0.6) is 0 Å². The number of nitrogens with zero attached hydrogens (tertiary/aromatic N) is 2. The molecule has 0 aliphatic carbocycles. The second kappa shape index (κ2) is 7.65. The van der Waals surface area contributed by atoms with Gasteiger partial charge in [0.1, 0.15) is 0 Å². The first-order valence-corrected chi connectivity index (χ1v) is 7.37. The van der Waals surface area contributed by atoms with E-state index in [0.29, 0.717) is 12.1 Å². The lowest BCUT2D eigenvalue weighted by atomic mass is 10.3. The molecule has 0 rings (SSSR count). The van der Waals surface area contributed by atoms with E-state index in [4.69, 9.17) is 32.6 Å². The molecule has 0 bridgehead atoms. The van der Waals surface area contributed by atoms with Gasteiger partial charge in [0.05, 0.1) is 12.5 Å². The third-order valence-electron chi connectivity index (χ3n) is 1.69. The fourth-order valence-electron chi connectivity index (χ4n) is 1.22. The minimum absolute atomic E-state index is 0.150. The molecule has 0 heterocycles. The molecule has 0 aromatic heterocycles. The molecule has 0 aliphatic rings. The van der Waals surface area contributed by atoms with Crippen LogP contribution in [0, 0.1) is 11.3 Å². The SMILES string of the molecule is CC(C)N(C(C)C)P(Cl)OC(Cl)CC#N. The van der Waals surface area contributed by atoms with E-state index in [1.54, 1.807) is 0 Å². The standard InChI is InChI=1S/C9H17Cl2N2OP/c1-7(2)13(8(3)4)15(11)14-9(10)5-6-12/h7-9H,5H2,1-4H3. The smallest absolute Gasteiger partial charge is 0.208 e. The van der Waals surface area contributed by atoms with Crippen molar-refractivity contribution in [2.45, 2.75) is 51.8 Å². The fourth-order valence-corrected chi connectivity index (χ4v) is 4.07. The van der Waals surface area contributed by atoms with Gasteiger partial charge in [0.2, 0.25) is 7.65 Å². The van der Waals surface area contributed by atoms with Crippen LogP contribution in [0.1, 0.15) is 34.1 Å². The third-order valence-corrected chi connectivity index (χ3v) is 4.54. The van der Waals surface area contributed by atoms with E-state index in [2.05, 4.69) is 27.7 Å². The van der Waals surface area contributed by atoms with Crippen molar-refractivity contribution in [2.24, 2.45) is 0 Å². The average molecular weight is 271 g/mol. The fraction of sp³-hybridized carbons (Fsp3) is 0.889. The highest BCUT2D eigenvalue weighted by molar-refractivity contribution is 7.78. The van der Waals surface area contributed by atoms with E-state index in [-0.39, 0.29) is 6.42 Å². The van der Waals surface area contributed by atoms with Crippen LogP contribution in [0.2, 0.25) is 0 Å². The molecule has 0 fully saturated rings. The number of rotatable bonds is 6. The maximum atomic E-state index is 8.44. The molecule has 0 saturated carbocycles. The molecular weight excluding hydrogens is 254 g/mol. The Morgan fingerprint density at radius 3 is 2.13 bits per heavy atom. The van der Waals surface area contributed by atoms with Gasteiger partial charge in [-0.3, -0.25) is 0 Å². The summed E-state index contributed by atoms with van der Waals surface area (Å²) >= 11 is 11.9. The number of nitriles is 1. The first-order valence-electron chi connectivity index (χ1n) is 4.82. The summed E-state index contributed by atoms with van der Waals surface area (Å²) in [6, 6.07) is 2.53. The summed E-state index contributed by atoms with van der Waals surface area (Å²) in [5.74, 6) is 0. The Kier molecular flexibility index (Phi) is 7.87. The molecule has 0 amide bonds. The highest BCUT2D eigenvalue weighted by Crippen LogP contribution is 2.51. The number of halogens is 2. The summed E-state index contributed by atoms with van der Waals surface area (Å²) < 4.78 is 7.42. The van der Waals surface area contributed by atoms with Crippen molar-refractivity contribution >= 4 is 30.5 Å². The van der Waals surface area contributed by atoms with E-state index in [0.717, 1.165) is 0 Å². The zero-order chi connectivity index (χ0) is 12.0. The molecule has 0 aromatic rings. The van der Waals surface area contributed by atoms with Crippen LogP contribution in [0.3, 0.4) is 0 Å². The van der Waals surface area contributed by atoms with Crippen LogP contribution in [0.25, 0.3) is 0 Å². The molecule has 0 aromatic carbocycles. The van der Waals surface area contributed by atoms with Gasteiger partial charge in [0.15, 0.2) is 5.56 Å². The van der Waals surface area contributed by atoms with Crippen molar-refractivity contribution in [2.75, 3.05) is 0 Å². The Hall–Kier alpha value is 0.420. The Labute approximate surface area is 103 Å². The molecule has 6 heteroatoms. The van der Waals surface area contributed by atoms with Crippen LogP contribution in [0.15, 0.2) is 0 Å². The Morgan fingerprint density at radius 2 is 1.80 bits per heavy atom. The van der Waals surface area contributed by atoms with Crippen LogP contribution >= 0.6 is 30.5 Å². The summed E-state index contributed by atoms with van der Waals surface area (Å²) in [7, 11) is -1.25. The molecule has 0 saturated heterocycles. The molecule has 0 aliphatic heterocycles. The summed E-state index contributed by atoms with van der Waals surface area (Å²) in [6.07, 6.45) is 0.150. The lowest BCUT2D eigenvalue weighted by molar-refractivity contribution is 0.248. The molecule has 88 valence electrons. The first-order chi connectivity index (χ1) is 6.90. The minimum Gasteiger partial charge on any atom is -0.311 e. The molecule has 3 nitrogen and oxygen atoms in total. The van der Waals surface area contributed by atoms with Gasteiger partial charge in [-0.1, -0.05) is 11.6 Å². The van der Waals surface area contributed by atoms with Gasteiger partial charge in [-0.15, -0.1) is 0 Å². The van der Waals surface area contributed by atoms with E-state index in [9.17, 15) is 0 Å². The van der Waals surface area contributed by atoms with Gasteiger partial charge in [0.25, 0.3) is 0 Å². The number of hydrogen-bond donors (Lipinski definition) is 0. The number of alkyl halides is 1. The van der Waals surface area contributed by atoms with Crippen molar-refractivity contribution in [1.29, 1.82) is 5.26 Å². The van der Waals surface area contributed by atoms with Crippen LogP contribution < -0.4 is 0 Å². The summed E-state index contributed by atoms with van der Waals surface area (Å²) in [5, 5.41) is 8.44. The second-order valence-corrected chi connectivity index (χ2v) is 6.15. The molecule has 2 atom stereocenters. The molecular formula is C9H17Cl2N2OP. The lowest BCUT2D eigenvalue weighted by Gasteiger charge is -2.33. The topological polar surface area (TPSA) is 36.3 Å². The highest BCUT2D eigenvalue weighted by Gasteiger charge is 2.25. The zero-order valence-corrected chi connectivity index (χ0v) is 11.9. The zero-order valence-electron chi connectivity index (χ0n) is 9.44. The maximum Gasteiger partial charge on any atom is 0.208 e. The van der Waals surface area contributed by atoms with Gasteiger partial charge < -0.3 is 4.52 Å². The van der Waals surface area contributed by atoms with E-state index < -0.39 is 13.2 Å². The van der Waals surface area contributed by atoms with Crippen LogP contribution in [0.4, 0.5) is 0 Å². The summed E-state index contributed by atoms with van der Waals surface area (Å²) in [5.41, 5.74) is -0.626. The van der Waals surface area contributed by atoms with Crippen molar-refractivity contribution < 1.29 is 4.52 Å². The van der Waals surface area contributed by atoms with E-state index >= 15 is 0 Å². The maximum absolute atomic E-state index is 8.44. The van der Waals surface area contributed by atoms with Crippen molar-refractivity contribution in [3.63, 3.8) is 0 Å². The monoisotopic (exact) mass is 270 g/mol. The average Bonchev–Trinajstić information content (AvgIpc) is 2.01. The van der Waals surface area contributed by atoms with Crippen LogP contribution in [-0.2, 0) is 4.52 Å². The Bertz CT molecular complexity index is 213. The quantitative estimate of drug-likeness (QED) is 0.539. The van der Waals surface area contributed by atoms with Crippen LogP contribution in [-0.4, -0.2) is 22.3 Å². The van der Waals surface area contributed by atoms with E-state index in [1.807, 2.05) is 10.7 Å². The molecule has 15 heavy (non-hydrogen) atoms. The summed E-state index contributed by atoms with van der Waals surface area (Å²) in [4.78, 5) is 0. The minimum atomic E-state index is -1.25. The summed E-state index contributed by atoms with van der Waals surface area (Å²) in [6.45, 7) is 8.20. The molecule has 2 unspecified atom stereocenters. The van der Waals surface area contributed by atoms with Gasteiger partial charge in [-0.05, 0) is 38.9 Å². The van der Waals surface area contributed by atoms with Crippen molar-refractivity contribution in [3.05, 3.63) is 0 Å². The molecule has 0 spiro atoms. The Morgan fingerprint density at radius 1 is 1.33 bits per heavy atom. The van der Waals surface area contributed by atoms with Gasteiger partial charge in [-0.25, -0.2) is 4.67 Å². The van der Waals surface area contributed by atoms with Crippen molar-refractivity contribution in [1.82, 2.24) is 4.67 Å². The Balaban J connectivity index is 4.27. The predicted octanol–water partition coefficient (Wildman–Crippen LogP) is 4.07. The predicted molar refractivity (Wildman–Crippen MR) is 65.8 cm³/mol. The van der Waals surface area contributed by atoms with Gasteiger partial charge in [-0.2, -0.15) is 5.26 Å². The largest absolute Gasteiger partial charge is 0.311 e. The first kappa shape index (κ1) is 15.4.